The summed E-state index contributed by atoms with van der Waals surface area (Å²) in [6.45, 7) is 8.87. The van der Waals surface area contributed by atoms with Crippen LogP contribution >= 0.6 is 0 Å². The maximum atomic E-state index is 10.9. The van der Waals surface area contributed by atoms with Crippen LogP contribution in [0.25, 0.3) is 0 Å². The van der Waals surface area contributed by atoms with Crippen LogP contribution < -0.4 is 5.32 Å². The Morgan fingerprint density at radius 2 is 1.74 bits per heavy atom. The lowest BCUT2D eigenvalue weighted by atomic mass is 10.2. The normalized spacial score (nSPS) is 13.7. The van der Waals surface area contributed by atoms with E-state index in [1.807, 2.05) is 0 Å². The van der Waals surface area contributed by atoms with Crippen molar-refractivity contribution in [3.8, 4) is 0 Å². The number of hydrogen-bond donors (Lipinski definition) is 3. The van der Waals surface area contributed by atoms with E-state index in [0.717, 1.165) is 6.42 Å². The van der Waals surface area contributed by atoms with E-state index >= 15 is 0 Å². The number of aliphatic hydroxyl groups excluding tert-OH is 2. The van der Waals surface area contributed by atoms with Gasteiger partial charge in [-0.25, -0.2) is 0 Å². The predicted molar refractivity (Wildman–Crippen MR) is 89.6 cm³/mol. The van der Waals surface area contributed by atoms with Gasteiger partial charge in [0.2, 0.25) is 5.91 Å². The Kier molecular flexibility index (Phi) is 14.3. The molecule has 2 unspecified atom stereocenters. The molecule has 0 aromatic carbocycles. The van der Waals surface area contributed by atoms with Crippen molar-refractivity contribution < 1.29 is 24.5 Å². The van der Waals surface area contributed by atoms with Crippen molar-refractivity contribution >= 4 is 12.1 Å². The van der Waals surface area contributed by atoms with Gasteiger partial charge in [0.25, 0.3) is 0 Å². The summed E-state index contributed by atoms with van der Waals surface area (Å²) in [7, 11) is 0. The first-order chi connectivity index (χ1) is 11.1. The molecule has 3 N–H and O–H groups in total. The van der Waals surface area contributed by atoms with E-state index in [0.29, 0.717) is 32.7 Å². The van der Waals surface area contributed by atoms with E-state index in [1.54, 1.807) is 12.3 Å². The van der Waals surface area contributed by atoms with Crippen molar-refractivity contribution in [2.24, 2.45) is 4.99 Å². The Hall–Kier alpha value is -1.54. The average molecular weight is 328 g/mol. The highest BCUT2D eigenvalue weighted by Crippen LogP contribution is 1.97. The number of rotatable bonds is 15. The molecule has 0 heterocycles. The summed E-state index contributed by atoms with van der Waals surface area (Å²) in [5.41, 5.74) is 0. The second-order valence-corrected chi connectivity index (χ2v) is 4.78. The SMILES string of the molecule is C=CC=NCCCOCC(O)C(O)COCCCNC(=O)C=C. The minimum absolute atomic E-state index is 0.0174. The van der Waals surface area contributed by atoms with Crippen LogP contribution in [0.3, 0.4) is 0 Å². The van der Waals surface area contributed by atoms with Gasteiger partial charge in [-0.3, -0.25) is 9.79 Å². The topological polar surface area (TPSA) is 100 Å². The third-order valence-electron chi connectivity index (χ3n) is 2.76. The van der Waals surface area contributed by atoms with Crippen LogP contribution in [-0.4, -0.2) is 74.1 Å². The monoisotopic (exact) mass is 328 g/mol. The minimum Gasteiger partial charge on any atom is -0.388 e. The van der Waals surface area contributed by atoms with Gasteiger partial charge in [-0.05, 0) is 18.9 Å². The summed E-state index contributed by atoms with van der Waals surface area (Å²) in [6, 6.07) is 0. The summed E-state index contributed by atoms with van der Waals surface area (Å²) in [6.07, 6.45) is 3.79. The molecule has 0 saturated heterocycles. The first-order valence-corrected chi connectivity index (χ1v) is 7.64. The maximum absolute atomic E-state index is 10.9. The van der Waals surface area contributed by atoms with E-state index in [4.69, 9.17) is 9.47 Å². The fraction of sp³-hybridized carbons (Fsp3) is 0.625. The lowest BCUT2D eigenvalue weighted by Gasteiger charge is -2.18. The van der Waals surface area contributed by atoms with Gasteiger partial charge in [0.05, 0.1) is 13.2 Å². The minimum atomic E-state index is -1.00. The number of carbonyl (C=O) groups excluding carboxylic acids is 1. The van der Waals surface area contributed by atoms with Crippen LogP contribution in [0.2, 0.25) is 0 Å². The Balaban J connectivity index is 3.49. The Labute approximate surface area is 137 Å². The quantitative estimate of drug-likeness (QED) is 0.225. The Morgan fingerprint density at radius 3 is 2.30 bits per heavy atom. The van der Waals surface area contributed by atoms with Crippen molar-refractivity contribution in [2.75, 3.05) is 39.5 Å². The fourth-order valence-electron chi connectivity index (χ4n) is 1.50. The first kappa shape index (κ1) is 21.5. The molecule has 23 heavy (non-hydrogen) atoms. The molecule has 0 saturated carbocycles. The predicted octanol–water partition coefficient (Wildman–Crippen LogP) is 0.0806. The molecule has 0 spiro atoms. The van der Waals surface area contributed by atoms with Crippen LogP contribution in [0, 0.1) is 0 Å². The molecular formula is C16H28N2O5. The van der Waals surface area contributed by atoms with E-state index < -0.39 is 12.2 Å². The van der Waals surface area contributed by atoms with Crippen molar-refractivity contribution in [2.45, 2.75) is 25.0 Å². The molecule has 7 nitrogen and oxygen atoms in total. The summed E-state index contributed by atoms with van der Waals surface area (Å²) < 4.78 is 10.5. The third-order valence-corrected chi connectivity index (χ3v) is 2.76. The van der Waals surface area contributed by atoms with Crippen LogP contribution in [0.5, 0.6) is 0 Å². The van der Waals surface area contributed by atoms with Gasteiger partial charge >= 0.3 is 0 Å². The molecular weight excluding hydrogens is 300 g/mol. The first-order valence-electron chi connectivity index (χ1n) is 7.64. The highest BCUT2D eigenvalue weighted by Gasteiger charge is 2.16. The number of aliphatic hydroxyl groups is 2. The molecule has 132 valence electrons. The molecule has 0 bridgehead atoms. The van der Waals surface area contributed by atoms with Crippen LogP contribution in [0.4, 0.5) is 0 Å². The van der Waals surface area contributed by atoms with Gasteiger partial charge in [0.15, 0.2) is 0 Å². The average Bonchev–Trinajstić information content (AvgIpc) is 2.56. The summed E-state index contributed by atoms with van der Waals surface area (Å²) in [5.74, 6) is -0.229. The third kappa shape index (κ3) is 13.8. The Bertz CT molecular complexity index is 360. The van der Waals surface area contributed by atoms with E-state index in [1.165, 1.54) is 6.08 Å². The van der Waals surface area contributed by atoms with Crippen LogP contribution in [0.15, 0.2) is 30.3 Å². The molecule has 7 heteroatoms. The molecule has 0 radical (unpaired) electrons. The van der Waals surface area contributed by atoms with Gasteiger partial charge in [-0.15, -0.1) is 0 Å². The van der Waals surface area contributed by atoms with E-state index in [2.05, 4.69) is 23.5 Å². The van der Waals surface area contributed by atoms with Gasteiger partial charge in [0, 0.05) is 32.5 Å². The molecule has 0 rings (SSSR count). The maximum Gasteiger partial charge on any atom is 0.243 e. The number of carbonyl (C=O) groups is 1. The van der Waals surface area contributed by atoms with Crippen LogP contribution in [0.1, 0.15) is 12.8 Å². The largest absolute Gasteiger partial charge is 0.388 e. The summed E-state index contributed by atoms with van der Waals surface area (Å²) >= 11 is 0. The van der Waals surface area contributed by atoms with E-state index in [9.17, 15) is 15.0 Å². The van der Waals surface area contributed by atoms with Gasteiger partial charge in [-0.1, -0.05) is 19.2 Å². The van der Waals surface area contributed by atoms with Gasteiger partial charge < -0.3 is 25.0 Å². The number of ether oxygens (including phenoxy) is 2. The van der Waals surface area contributed by atoms with Crippen molar-refractivity contribution in [3.05, 3.63) is 25.3 Å². The fourth-order valence-corrected chi connectivity index (χ4v) is 1.50. The summed E-state index contributed by atoms with van der Waals surface area (Å²) in [5, 5.41) is 22.0. The zero-order valence-electron chi connectivity index (χ0n) is 13.5. The molecule has 0 aliphatic heterocycles. The van der Waals surface area contributed by atoms with Crippen LogP contribution in [-0.2, 0) is 14.3 Å². The molecule has 0 aliphatic carbocycles. The second kappa shape index (κ2) is 15.4. The Morgan fingerprint density at radius 1 is 1.13 bits per heavy atom. The number of allylic oxidation sites excluding steroid dienone is 1. The zero-order valence-corrected chi connectivity index (χ0v) is 13.5. The van der Waals surface area contributed by atoms with Crippen molar-refractivity contribution in [1.82, 2.24) is 5.32 Å². The number of aliphatic imine (C=N–C) groups is 1. The lowest BCUT2D eigenvalue weighted by Crippen LogP contribution is -2.34. The number of amides is 1. The molecule has 0 fully saturated rings. The molecule has 0 aliphatic rings. The van der Waals surface area contributed by atoms with Crippen molar-refractivity contribution in [3.63, 3.8) is 0 Å². The lowest BCUT2D eigenvalue weighted by molar-refractivity contribution is -0.116. The second-order valence-electron chi connectivity index (χ2n) is 4.78. The zero-order chi connectivity index (χ0) is 17.3. The summed E-state index contributed by atoms with van der Waals surface area (Å²) in [4.78, 5) is 14.9. The smallest absolute Gasteiger partial charge is 0.243 e. The van der Waals surface area contributed by atoms with Crippen molar-refractivity contribution in [1.29, 1.82) is 0 Å². The highest BCUT2D eigenvalue weighted by molar-refractivity contribution is 5.86. The van der Waals surface area contributed by atoms with Gasteiger partial charge in [-0.2, -0.15) is 0 Å². The molecule has 0 aromatic rings. The van der Waals surface area contributed by atoms with E-state index in [-0.39, 0.29) is 19.1 Å². The molecule has 0 aromatic heterocycles. The molecule has 1 amide bonds. The standard InChI is InChI=1S/C16H28N2O5/c1-3-7-17-8-5-10-22-12-14(19)15(20)13-23-11-6-9-18-16(21)4-2/h3-4,7,14-15,19-20H,1-2,5-6,8-13H2,(H,18,21). The number of nitrogens with one attached hydrogen (secondary N) is 1. The van der Waals surface area contributed by atoms with Gasteiger partial charge in [0.1, 0.15) is 12.2 Å². The molecule has 2 atom stereocenters. The number of nitrogens with zero attached hydrogens (tertiary/aromatic N) is 1. The number of hydrogen-bond acceptors (Lipinski definition) is 6. The highest BCUT2D eigenvalue weighted by atomic mass is 16.5.